The second-order valence-electron chi connectivity index (χ2n) is 3.81. The zero-order valence-corrected chi connectivity index (χ0v) is 11.6. The number of carbonyl (C=O) groups excluding carboxylic acids is 1. The van der Waals surface area contributed by atoms with E-state index < -0.39 is 0 Å². The Morgan fingerprint density at radius 1 is 1.45 bits per heavy atom. The molecule has 0 radical (unpaired) electrons. The van der Waals surface area contributed by atoms with E-state index in [1.807, 2.05) is 24.3 Å². The summed E-state index contributed by atoms with van der Waals surface area (Å²) in [6.45, 7) is 3.49. The molecule has 0 spiro atoms. The smallest absolute Gasteiger partial charge is 0.270 e. The van der Waals surface area contributed by atoms with Gasteiger partial charge >= 0.3 is 0 Å². The summed E-state index contributed by atoms with van der Waals surface area (Å²) in [6, 6.07) is 7.56. The molecule has 0 saturated carbocycles. The fourth-order valence-corrected chi connectivity index (χ4v) is 3.08. The van der Waals surface area contributed by atoms with Crippen molar-refractivity contribution in [1.29, 1.82) is 0 Å². The number of hydrogen-bond donors (Lipinski definition) is 1. The minimum atomic E-state index is -0.361. The van der Waals surface area contributed by atoms with Crippen molar-refractivity contribution < 1.29 is 4.79 Å². The molecule has 3 rings (SSSR count). The molecule has 6 nitrogen and oxygen atoms in total. The molecule has 20 heavy (non-hydrogen) atoms. The molecule has 0 aliphatic heterocycles. The van der Waals surface area contributed by atoms with Crippen molar-refractivity contribution in [2.24, 2.45) is 0 Å². The van der Waals surface area contributed by atoms with Gasteiger partial charge in [0.05, 0.1) is 5.02 Å². The molecule has 0 atom stereocenters. The van der Waals surface area contributed by atoms with Crippen LogP contribution in [0.15, 0.2) is 30.8 Å². The molecule has 1 amide bonds. The first kappa shape index (κ1) is 12.8. The highest BCUT2D eigenvalue weighted by atomic mass is 35.5. The first-order valence-electron chi connectivity index (χ1n) is 5.59. The summed E-state index contributed by atoms with van der Waals surface area (Å²) in [4.78, 5) is 13.7. The average Bonchev–Trinajstić information content (AvgIpc) is 3.04. The number of amides is 1. The summed E-state index contributed by atoms with van der Waals surface area (Å²) >= 11 is 7.54. The monoisotopic (exact) mass is 305 g/mol. The molecular weight excluding hydrogens is 298 g/mol. The summed E-state index contributed by atoms with van der Waals surface area (Å²) in [7, 11) is 0. The van der Waals surface area contributed by atoms with Gasteiger partial charge < -0.3 is 0 Å². The summed E-state index contributed by atoms with van der Waals surface area (Å²) in [5.41, 5.74) is 0. The highest BCUT2D eigenvalue weighted by Gasteiger charge is 2.18. The minimum Gasteiger partial charge on any atom is -0.287 e. The predicted octanol–water partition coefficient (Wildman–Crippen LogP) is 2.89. The molecular formula is C12H8ClN5OS. The van der Waals surface area contributed by atoms with Crippen LogP contribution in [-0.2, 0) is 0 Å². The summed E-state index contributed by atoms with van der Waals surface area (Å²) in [6.07, 6.45) is 1.37. The molecule has 1 aromatic carbocycles. The number of fused-ring (bicyclic) bond motifs is 1. The molecule has 1 N–H and O–H groups in total. The van der Waals surface area contributed by atoms with Crippen molar-refractivity contribution in [1.82, 2.24) is 20.2 Å². The number of rotatable bonds is 3. The van der Waals surface area contributed by atoms with E-state index in [4.69, 9.17) is 11.6 Å². The largest absolute Gasteiger partial charge is 0.287 e. The molecule has 8 heteroatoms. The molecule has 0 aliphatic carbocycles. The van der Waals surface area contributed by atoms with Gasteiger partial charge in [0, 0.05) is 16.3 Å². The van der Waals surface area contributed by atoms with Crippen LogP contribution in [0, 0.1) is 0 Å². The number of thiophene rings is 1. The van der Waals surface area contributed by atoms with Crippen LogP contribution in [-0.4, -0.2) is 26.1 Å². The van der Waals surface area contributed by atoms with Crippen LogP contribution in [0.3, 0.4) is 0 Å². The quantitative estimate of drug-likeness (QED) is 0.807. The van der Waals surface area contributed by atoms with Crippen molar-refractivity contribution in [3.8, 4) is 0 Å². The van der Waals surface area contributed by atoms with Gasteiger partial charge in [-0.3, -0.25) is 10.1 Å². The Hall–Kier alpha value is -2.25. The molecule has 0 fully saturated rings. The number of nitrogens with one attached hydrogen (secondary N) is 1. The molecule has 3 aromatic rings. The van der Waals surface area contributed by atoms with Crippen molar-refractivity contribution in [3.05, 3.63) is 40.7 Å². The zero-order valence-electron chi connectivity index (χ0n) is 10.1. The Morgan fingerprint density at radius 3 is 2.95 bits per heavy atom. The molecule has 0 aliphatic rings. The minimum absolute atomic E-state index is 0.100. The van der Waals surface area contributed by atoms with Crippen LogP contribution in [0.1, 0.15) is 9.67 Å². The van der Waals surface area contributed by atoms with E-state index >= 15 is 0 Å². The number of carbonyl (C=O) groups is 1. The third-order valence-corrected chi connectivity index (χ3v) is 4.23. The molecule has 0 unspecified atom stereocenters. The first-order valence-corrected chi connectivity index (χ1v) is 6.79. The highest BCUT2D eigenvalue weighted by molar-refractivity contribution is 7.21. The molecule has 0 saturated heterocycles. The molecule has 0 bridgehead atoms. The zero-order chi connectivity index (χ0) is 14.1. The Balaban J connectivity index is 1.92. The normalized spacial score (nSPS) is 10.7. The molecule has 2 heterocycles. The van der Waals surface area contributed by atoms with Crippen LogP contribution >= 0.6 is 22.9 Å². The van der Waals surface area contributed by atoms with Crippen LogP contribution in [0.4, 0.5) is 5.95 Å². The highest BCUT2D eigenvalue weighted by Crippen LogP contribution is 2.35. The lowest BCUT2D eigenvalue weighted by Gasteiger charge is -1.97. The third-order valence-electron chi connectivity index (χ3n) is 2.56. The topological polar surface area (TPSA) is 72.7 Å². The second kappa shape index (κ2) is 5.03. The van der Waals surface area contributed by atoms with Gasteiger partial charge in [0.1, 0.15) is 4.88 Å². The maximum Gasteiger partial charge on any atom is 0.270 e. The van der Waals surface area contributed by atoms with Crippen LogP contribution in [0.25, 0.3) is 16.3 Å². The van der Waals surface area contributed by atoms with Gasteiger partial charge in [0.15, 0.2) is 0 Å². The van der Waals surface area contributed by atoms with Crippen LogP contribution in [0.2, 0.25) is 5.02 Å². The fourth-order valence-electron chi connectivity index (χ4n) is 1.67. The van der Waals surface area contributed by atoms with E-state index in [0.717, 1.165) is 14.9 Å². The number of benzene rings is 1. The SMILES string of the molecule is C=Cn1nnc(NC(=O)c2sc3ccccc3c2Cl)n1. The Kier molecular flexibility index (Phi) is 3.21. The Labute approximate surface area is 122 Å². The van der Waals surface area contributed by atoms with Gasteiger partial charge in [0.2, 0.25) is 0 Å². The number of hydrogen-bond acceptors (Lipinski definition) is 5. The number of tetrazole rings is 1. The van der Waals surface area contributed by atoms with Crippen molar-refractivity contribution >= 4 is 51.1 Å². The standard InChI is InChI=1S/C12H8ClN5OS/c1-2-18-16-12(15-17-18)14-11(19)10-9(13)7-5-3-4-6-8(7)20-10/h2-6H,1H2,(H,14,16,19). The predicted molar refractivity (Wildman–Crippen MR) is 79.0 cm³/mol. The third kappa shape index (κ3) is 2.17. The van der Waals surface area contributed by atoms with Gasteiger partial charge in [-0.1, -0.05) is 41.5 Å². The van der Waals surface area contributed by atoms with E-state index in [9.17, 15) is 4.79 Å². The lowest BCUT2D eigenvalue weighted by atomic mass is 10.2. The van der Waals surface area contributed by atoms with E-state index in [0.29, 0.717) is 9.90 Å². The maximum absolute atomic E-state index is 12.2. The van der Waals surface area contributed by atoms with E-state index in [2.05, 4.69) is 27.3 Å². The van der Waals surface area contributed by atoms with Crippen molar-refractivity contribution in [3.63, 3.8) is 0 Å². The van der Waals surface area contributed by atoms with E-state index in [1.165, 1.54) is 17.5 Å². The van der Waals surface area contributed by atoms with Gasteiger partial charge in [-0.25, -0.2) is 0 Å². The number of halogens is 1. The van der Waals surface area contributed by atoms with E-state index in [1.54, 1.807) is 0 Å². The number of anilines is 1. The van der Waals surface area contributed by atoms with Crippen molar-refractivity contribution in [2.45, 2.75) is 0 Å². The lowest BCUT2D eigenvalue weighted by Crippen LogP contribution is -2.12. The van der Waals surface area contributed by atoms with Crippen LogP contribution < -0.4 is 5.32 Å². The fraction of sp³-hybridized carbons (Fsp3) is 0. The van der Waals surface area contributed by atoms with Gasteiger partial charge in [-0.2, -0.15) is 0 Å². The van der Waals surface area contributed by atoms with Gasteiger partial charge in [0.25, 0.3) is 11.9 Å². The van der Waals surface area contributed by atoms with Crippen molar-refractivity contribution in [2.75, 3.05) is 5.32 Å². The first-order chi connectivity index (χ1) is 9.69. The van der Waals surface area contributed by atoms with Crippen LogP contribution in [0.5, 0.6) is 0 Å². The summed E-state index contributed by atoms with van der Waals surface area (Å²) in [5.74, 6) is -0.261. The maximum atomic E-state index is 12.2. The summed E-state index contributed by atoms with van der Waals surface area (Å²) in [5, 5.41) is 15.1. The molecule has 100 valence electrons. The number of nitrogens with zero attached hydrogens (tertiary/aromatic N) is 4. The second-order valence-corrected chi connectivity index (χ2v) is 5.24. The Morgan fingerprint density at radius 2 is 2.25 bits per heavy atom. The summed E-state index contributed by atoms with van der Waals surface area (Å²) < 4.78 is 0.949. The lowest BCUT2D eigenvalue weighted by molar-refractivity contribution is 0.103. The Bertz CT molecular complexity index is 809. The molecule has 2 aromatic heterocycles. The van der Waals surface area contributed by atoms with Gasteiger partial charge in [-0.05, 0) is 11.3 Å². The van der Waals surface area contributed by atoms with Gasteiger partial charge in [-0.15, -0.1) is 21.2 Å². The van der Waals surface area contributed by atoms with E-state index in [-0.39, 0.29) is 11.9 Å². The number of aromatic nitrogens is 4. The average molecular weight is 306 g/mol.